The Bertz CT molecular complexity index is 403. The lowest BCUT2D eigenvalue weighted by atomic mass is 10.1. The summed E-state index contributed by atoms with van der Waals surface area (Å²) >= 11 is 1.75. The fourth-order valence-corrected chi connectivity index (χ4v) is 2.18. The van der Waals surface area contributed by atoms with Crippen LogP contribution in [-0.2, 0) is 0 Å². The van der Waals surface area contributed by atoms with Crippen molar-refractivity contribution in [2.24, 2.45) is 0 Å². The highest BCUT2D eigenvalue weighted by atomic mass is 32.1. The lowest BCUT2D eigenvalue weighted by Crippen LogP contribution is -1.86. The lowest BCUT2D eigenvalue weighted by Gasteiger charge is -2.04. The van der Waals surface area contributed by atoms with Gasteiger partial charge in [0.15, 0.2) is 0 Å². The molecule has 1 aromatic carbocycles. The maximum atomic E-state index is 5.32. The number of rotatable bonds is 1. The van der Waals surface area contributed by atoms with Gasteiger partial charge in [0.2, 0.25) is 0 Å². The van der Waals surface area contributed by atoms with Crippen LogP contribution in [0.4, 0.5) is 0 Å². The van der Waals surface area contributed by atoms with Crippen molar-refractivity contribution in [3.05, 3.63) is 29.1 Å². The molecule has 0 aliphatic carbocycles. The third kappa shape index (κ3) is 0.994. The molecule has 0 aliphatic heterocycles. The minimum absolute atomic E-state index is 1.01. The Balaban J connectivity index is 2.83. The van der Waals surface area contributed by atoms with Crippen LogP contribution in [0.5, 0.6) is 5.75 Å². The van der Waals surface area contributed by atoms with Crippen LogP contribution >= 0.6 is 11.3 Å². The molecular formula is C10H10OS. The highest BCUT2D eigenvalue weighted by molar-refractivity contribution is 7.17. The second kappa shape index (κ2) is 2.79. The van der Waals surface area contributed by atoms with Gasteiger partial charge in [-0.15, -0.1) is 11.3 Å². The topological polar surface area (TPSA) is 9.23 Å². The molecule has 0 atom stereocenters. The Morgan fingerprint density at radius 1 is 1.25 bits per heavy atom. The van der Waals surface area contributed by atoms with Gasteiger partial charge < -0.3 is 4.74 Å². The summed E-state index contributed by atoms with van der Waals surface area (Å²) < 4.78 is 6.61. The number of thiophene rings is 1. The van der Waals surface area contributed by atoms with Crippen molar-refractivity contribution in [1.82, 2.24) is 0 Å². The van der Waals surface area contributed by atoms with Gasteiger partial charge in [-0.2, -0.15) is 0 Å². The molecule has 1 aromatic heterocycles. The van der Waals surface area contributed by atoms with E-state index in [9.17, 15) is 0 Å². The van der Waals surface area contributed by atoms with E-state index in [1.54, 1.807) is 18.4 Å². The van der Waals surface area contributed by atoms with Crippen molar-refractivity contribution in [1.29, 1.82) is 0 Å². The third-order valence-electron chi connectivity index (χ3n) is 1.99. The summed E-state index contributed by atoms with van der Waals surface area (Å²) in [4.78, 5) is 0. The first kappa shape index (κ1) is 7.62. The number of aryl methyl sites for hydroxylation is 1. The van der Waals surface area contributed by atoms with E-state index >= 15 is 0 Å². The molecule has 0 N–H and O–H groups in total. The molecular weight excluding hydrogens is 168 g/mol. The highest BCUT2D eigenvalue weighted by Gasteiger charge is 2.04. The second-order valence-corrected chi connectivity index (χ2v) is 3.70. The average molecular weight is 178 g/mol. The Kier molecular flexibility index (Phi) is 1.77. The van der Waals surface area contributed by atoms with E-state index in [1.165, 1.54) is 15.6 Å². The molecule has 0 unspecified atom stereocenters. The molecule has 0 amide bonds. The van der Waals surface area contributed by atoms with Gasteiger partial charge in [0.05, 0.1) is 7.11 Å². The van der Waals surface area contributed by atoms with E-state index in [4.69, 9.17) is 4.74 Å². The third-order valence-corrected chi connectivity index (χ3v) is 2.87. The predicted molar refractivity (Wildman–Crippen MR) is 53.1 cm³/mol. The van der Waals surface area contributed by atoms with Gasteiger partial charge in [0.25, 0.3) is 0 Å². The molecule has 0 saturated heterocycles. The molecule has 0 bridgehead atoms. The van der Waals surface area contributed by atoms with Gasteiger partial charge in [-0.1, -0.05) is 6.07 Å². The normalized spacial score (nSPS) is 10.5. The summed E-state index contributed by atoms with van der Waals surface area (Å²) in [7, 11) is 1.72. The van der Waals surface area contributed by atoms with Crippen LogP contribution in [0, 0.1) is 6.92 Å². The van der Waals surface area contributed by atoms with E-state index in [2.05, 4.69) is 30.5 Å². The zero-order valence-corrected chi connectivity index (χ0v) is 7.94. The first-order chi connectivity index (χ1) is 5.83. The van der Waals surface area contributed by atoms with E-state index in [0.717, 1.165) is 5.75 Å². The molecule has 2 heteroatoms. The molecule has 2 aromatic rings. The van der Waals surface area contributed by atoms with Gasteiger partial charge in [-0.05, 0) is 30.0 Å². The molecule has 0 spiro atoms. The summed E-state index contributed by atoms with van der Waals surface area (Å²) in [5.74, 6) is 1.01. The van der Waals surface area contributed by atoms with Crippen molar-refractivity contribution in [3.8, 4) is 5.75 Å². The van der Waals surface area contributed by atoms with E-state index in [-0.39, 0.29) is 0 Å². The maximum Gasteiger partial charge on any atom is 0.130 e. The van der Waals surface area contributed by atoms with Crippen LogP contribution in [-0.4, -0.2) is 7.11 Å². The quantitative estimate of drug-likeness (QED) is 0.651. The van der Waals surface area contributed by atoms with Crippen LogP contribution in [0.15, 0.2) is 23.6 Å². The fraction of sp³-hybridized carbons (Fsp3) is 0.200. The number of methoxy groups -OCH3 is 1. The Morgan fingerprint density at radius 2 is 2.08 bits per heavy atom. The number of benzene rings is 1. The maximum absolute atomic E-state index is 5.32. The van der Waals surface area contributed by atoms with Crippen molar-refractivity contribution in [2.75, 3.05) is 7.11 Å². The summed E-state index contributed by atoms with van der Waals surface area (Å²) in [5.41, 5.74) is 1.20. The Morgan fingerprint density at radius 3 is 2.83 bits per heavy atom. The minimum Gasteiger partial charge on any atom is -0.496 e. The van der Waals surface area contributed by atoms with Crippen LogP contribution in [0.2, 0.25) is 0 Å². The number of hydrogen-bond donors (Lipinski definition) is 0. The Labute approximate surface area is 75.6 Å². The average Bonchev–Trinajstić information content (AvgIpc) is 2.52. The first-order valence-electron chi connectivity index (χ1n) is 3.83. The molecule has 62 valence electrons. The van der Waals surface area contributed by atoms with Crippen molar-refractivity contribution < 1.29 is 4.74 Å². The molecule has 0 saturated carbocycles. The van der Waals surface area contributed by atoms with E-state index in [1.807, 2.05) is 0 Å². The SMILES string of the molecule is COc1c(C)ccc2sccc12. The number of ether oxygens (including phenoxy) is 1. The second-order valence-electron chi connectivity index (χ2n) is 2.75. The van der Waals surface area contributed by atoms with E-state index < -0.39 is 0 Å². The standard InChI is InChI=1S/C10H10OS/c1-7-3-4-9-8(5-6-12-9)10(7)11-2/h3-6H,1-2H3. The van der Waals surface area contributed by atoms with E-state index in [0.29, 0.717) is 0 Å². The van der Waals surface area contributed by atoms with Crippen LogP contribution in [0.1, 0.15) is 5.56 Å². The Hall–Kier alpha value is -1.02. The van der Waals surface area contributed by atoms with Crippen molar-refractivity contribution in [2.45, 2.75) is 6.92 Å². The van der Waals surface area contributed by atoms with Gasteiger partial charge >= 0.3 is 0 Å². The van der Waals surface area contributed by atoms with Crippen molar-refractivity contribution >= 4 is 21.4 Å². The summed E-state index contributed by atoms with van der Waals surface area (Å²) in [6, 6.07) is 6.33. The van der Waals surface area contributed by atoms with Gasteiger partial charge in [0.1, 0.15) is 5.75 Å². The molecule has 1 heterocycles. The summed E-state index contributed by atoms with van der Waals surface area (Å²) in [5, 5.41) is 3.31. The summed E-state index contributed by atoms with van der Waals surface area (Å²) in [6.07, 6.45) is 0. The monoisotopic (exact) mass is 178 g/mol. The fourth-order valence-electron chi connectivity index (χ4n) is 1.40. The number of fused-ring (bicyclic) bond motifs is 1. The smallest absolute Gasteiger partial charge is 0.130 e. The predicted octanol–water partition coefficient (Wildman–Crippen LogP) is 3.22. The molecule has 0 radical (unpaired) electrons. The van der Waals surface area contributed by atoms with Crippen molar-refractivity contribution in [3.63, 3.8) is 0 Å². The molecule has 2 rings (SSSR count). The van der Waals surface area contributed by atoms with Gasteiger partial charge in [-0.25, -0.2) is 0 Å². The lowest BCUT2D eigenvalue weighted by molar-refractivity contribution is 0.417. The molecule has 12 heavy (non-hydrogen) atoms. The largest absolute Gasteiger partial charge is 0.496 e. The number of hydrogen-bond acceptors (Lipinski definition) is 2. The zero-order chi connectivity index (χ0) is 8.55. The molecule has 1 nitrogen and oxygen atoms in total. The van der Waals surface area contributed by atoms with Gasteiger partial charge in [-0.3, -0.25) is 0 Å². The first-order valence-corrected chi connectivity index (χ1v) is 4.71. The van der Waals surface area contributed by atoms with Crippen LogP contribution in [0.3, 0.4) is 0 Å². The highest BCUT2D eigenvalue weighted by Crippen LogP contribution is 2.32. The van der Waals surface area contributed by atoms with Crippen LogP contribution in [0.25, 0.3) is 10.1 Å². The van der Waals surface area contributed by atoms with Gasteiger partial charge in [0, 0.05) is 10.1 Å². The molecule has 0 fully saturated rings. The van der Waals surface area contributed by atoms with Crippen LogP contribution < -0.4 is 4.74 Å². The summed E-state index contributed by atoms with van der Waals surface area (Å²) in [6.45, 7) is 2.07. The minimum atomic E-state index is 1.01. The molecule has 0 aliphatic rings. The zero-order valence-electron chi connectivity index (χ0n) is 7.13.